The largest absolute Gasteiger partial charge is 0.456 e. The Kier molecular flexibility index (Phi) is 7.71. The quantitative estimate of drug-likeness (QED) is 0.172. The van der Waals surface area contributed by atoms with Crippen LogP contribution in [0.25, 0.3) is 72.4 Å². The molecule has 6 aromatic carbocycles. The molecule has 2 aliphatic carbocycles. The highest BCUT2D eigenvalue weighted by molar-refractivity contribution is 6.13. The highest BCUT2D eigenvalue weighted by Crippen LogP contribution is 2.53. The fraction of sp³-hybridized carbons (Fsp3) is 0.137. The van der Waals surface area contributed by atoms with E-state index in [9.17, 15) is 0 Å². The van der Waals surface area contributed by atoms with E-state index in [2.05, 4.69) is 184 Å². The van der Waals surface area contributed by atoms with Gasteiger partial charge in [-0.25, -0.2) is 9.97 Å². The predicted octanol–water partition coefficient (Wildman–Crippen LogP) is 13.4. The van der Waals surface area contributed by atoms with Gasteiger partial charge in [-0.05, 0) is 88.2 Å². The summed E-state index contributed by atoms with van der Waals surface area (Å²) in [5.41, 5.74) is 16.4. The summed E-state index contributed by atoms with van der Waals surface area (Å²) >= 11 is 0. The maximum Gasteiger partial charge on any atom is 0.160 e. The van der Waals surface area contributed by atoms with E-state index in [1.165, 1.54) is 33.4 Å². The first-order valence-corrected chi connectivity index (χ1v) is 19.2. The van der Waals surface area contributed by atoms with Gasteiger partial charge >= 0.3 is 0 Å². The Labute approximate surface area is 322 Å². The molecule has 1 unspecified atom stereocenters. The monoisotopic (exact) mass is 711 g/mol. The minimum absolute atomic E-state index is 0.122. The van der Waals surface area contributed by atoms with Crippen LogP contribution in [0.1, 0.15) is 44.0 Å². The molecule has 8 aromatic rings. The van der Waals surface area contributed by atoms with Crippen LogP contribution >= 0.6 is 0 Å². The lowest BCUT2D eigenvalue weighted by molar-refractivity contribution is 0.660. The maximum absolute atomic E-state index is 6.67. The molecule has 0 spiro atoms. The fourth-order valence-electron chi connectivity index (χ4n) is 8.62. The van der Waals surface area contributed by atoms with E-state index in [1.807, 2.05) is 6.07 Å². The van der Waals surface area contributed by atoms with Crippen LogP contribution in [-0.2, 0) is 5.41 Å². The first kappa shape index (κ1) is 33.1. The number of benzene rings is 6. The second-order valence-corrected chi connectivity index (χ2v) is 15.5. The van der Waals surface area contributed by atoms with Gasteiger partial charge in [-0.2, -0.15) is 0 Å². The standard InChI is InChI=1S/C51H41N3O/c1-32-22-24-35(25-23-32)44-31-43(34-16-9-6-10-17-34)52-50(53-44)36-26-27-38-48(28-36)55-47-21-13-20-45(49(38)47)54(4)46-30-42-40(29-39(46)33-14-7-5-8-15-33)37-18-11-12-19-41(37)51(42,2)3/h5-22,24-32H,23H2,1-4H3. The Morgan fingerprint density at radius 2 is 1.36 bits per heavy atom. The molecule has 0 radical (unpaired) electrons. The zero-order chi connectivity index (χ0) is 37.3. The van der Waals surface area contributed by atoms with Gasteiger partial charge in [0.1, 0.15) is 11.2 Å². The van der Waals surface area contributed by atoms with Crippen LogP contribution in [0.5, 0.6) is 0 Å². The van der Waals surface area contributed by atoms with Crippen molar-refractivity contribution in [3.05, 3.63) is 175 Å². The van der Waals surface area contributed by atoms with Crippen molar-refractivity contribution in [2.45, 2.75) is 32.6 Å². The van der Waals surface area contributed by atoms with Gasteiger partial charge in [0.25, 0.3) is 0 Å². The van der Waals surface area contributed by atoms with Gasteiger partial charge in [0.05, 0.1) is 22.5 Å². The van der Waals surface area contributed by atoms with Gasteiger partial charge in [-0.3, -0.25) is 0 Å². The molecule has 0 saturated heterocycles. The van der Waals surface area contributed by atoms with Crippen molar-refractivity contribution in [1.29, 1.82) is 0 Å². The Morgan fingerprint density at radius 3 is 2.15 bits per heavy atom. The molecule has 0 aliphatic heterocycles. The van der Waals surface area contributed by atoms with E-state index in [-0.39, 0.29) is 5.41 Å². The second kappa shape index (κ2) is 12.8. The second-order valence-electron chi connectivity index (χ2n) is 15.5. The maximum atomic E-state index is 6.67. The van der Waals surface area contributed by atoms with Crippen LogP contribution in [0.15, 0.2) is 162 Å². The molecule has 0 saturated carbocycles. The fourth-order valence-corrected chi connectivity index (χ4v) is 8.62. The summed E-state index contributed by atoms with van der Waals surface area (Å²) in [4.78, 5) is 12.6. The molecule has 2 heterocycles. The van der Waals surface area contributed by atoms with Crippen molar-refractivity contribution < 1.29 is 4.42 Å². The molecule has 266 valence electrons. The number of anilines is 2. The van der Waals surface area contributed by atoms with Crippen LogP contribution in [0.4, 0.5) is 11.4 Å². The molecule has 0 amide bonds. The normalized spacial score (nSPS) is 15.6. The van der Waals surface area contributed by atoms with Gasteiger partial charge in [0.2, 0.25) is 0 Å². The van der Waals surface area contributed by atoms with Gasteiger partial charge in [0.15, 0.2) is 5.82 Å². The molecule has 10 rings (SSSR count). The van der Waals surface area contributed by atoms with Crippen molar-refractivity contribution in [3.63, 3.8) is 0 Å². The van der Waals surface area contributed by atoms with Crippen molar-refractivity contribution in [3.8, 4) is 44.9 Å². The smallest absolute Gasteiger partial charge is 0.160 e. The van der Waals surface area contributed by atoms with E-state index in [0.717, 1.165) is 67.8 Å². The Hall–Kier alpha value is -6.52. The SMILES string of the molecule is CC1C=CC(c2cc(-c3ccccc3)nc(-c3ccc4c(c3)oc3cccc(N(C)c5cc6c(cc5-c5ccccc5)-c5ccccc5C6(C)C)c34)n2)=CC1. The average molecular weight is 712 g/mol. The summed E-state index contributed by atoms with van der Waals surface area (Å²) in [7, 11) is 2.19. The first-order valence-electron chi connectivity index (χ1n) is 19.2. The molecular formula is C51H41N3O. The number of nitrogens with zero attached hydrogens (tertiary/aromatic N) is 3. The summed E-state index contributed by atoms with van der Waals surface area (Å²) in [6.45, 7) is 6.93. The molecule has 2 aliphatic rings. The molecule has 4 nitrogen and oxygen atoms in total. The van der Waals surface area contributed by atoms with Crippen molar-refractivity contribution in [1.82, 2.24) is 9.97 Å². The number of hydrogen-bond acceptors (Lipinski definition) is 4. The Balaban J connectivity index is 1.11. The van der Waals surface area contributed by atoms with Crippen LogP contribution in [0.3, 0.4) is 0 Å². The molecule has 0 N–H and O–H groups in total. The number of aromatic nitrogens is 2. The van der Waals surface area contributed by atoms with Crippen LogP contribution in [0.2, 0.25) is 0 Å². The summed E-state index contributed by atoms with van der Waals surface area (Å²) in [6, 6.07) is 49.7. The van der Waals surface area contributed by atoms with Gasteiger partial charge < -0.3 is 9.32 Å². The summed E-state index contributed by atoms with van der Waals surface area (Å²) < 4.78 is 6.67. The summed E-state index contributed by atoms with van der Waals surface area (Å²) in [6.07, 6.45) is 7.74. The van der Waals surface area contributed by atoms with E-state index in [0.29, 0.717) is 11.7 Å². The molecule has 4 heteroatoms. The highest BCUT2D eigenvalue weighted by Gasteiger charge is 2.36. The molecule has 1 atom stereocenters. The molecule has 0 bridgehead atoms. The third-order valence-electron chi connectivity index (χ3n) is 11.6. The number of allylic oxidation sites excluding steroid dienone is 4. The predicted molar refractivity (Wildman–Crippen MR) is 229 cm³/mol. The topological polar surface area (TPSA) is 42.2 Å². The van der Waals surface area contributed by atoms with Crippen molar-refractivity contribution in [2.75, 3.05) is 11.9 Å². The lowest BCUT2D eigenvalue weighted by atomic mass is 9.81. The van der Waals surface area contributed by atoms with E-state index in [1.54, 1.807) is 0 Å². The molecular weight excluding hydrogens is 671 g/mol. The van der Waals surface area contributed by atoms with Gasteiger partial charge in [-0.15, -0.1) is 0 Å². The van der Waals surface area contributed by atoms with Crippen molar-refractivity contribution >= 4 is 38.9 Å². The number of hydrogen-bond donors (Lipinski definition) is 0. The lowest BCUT2D eigenvalue weighted by Crippen LogP contribution is -2.17. The number of fused-ring (bicyclic) bond motifs is 6. The van der Waals surface area contributed by atoms with Crippen LogP contribution in [-0.4, -0.2) is 17.0 Å². The zero-order valence-corrected chi connectivity index (χ0v) is 31.5. The van der Waals surface area contributed by atoms with Crippen molar-refractivity contribution in [2.24, 2.45) is 5.92 Å². The average Bonchev–Trinajstić information content (AvgIpc) is 3.72. The minimum atomic E-state index is -0.122. The zero-order valence-electron chi connectivity index (χ0n) is 31.5. The summed E-state index contributed by atoms with van der Waals surface area (Å²) in [5, 5.41) is 2.14. The molecule has 55 heavy (non-hydrogen) atoms. The van der Waals surface area contributed by atoms with E-state index >= 15 is 0 Å². The van der Waals surface area contributed by atoms with E-state index < -0.39 is 0 Å². The first-order chi connectivity index (χ1) is 26.8. The minimum Gasteiger partial charge on any atom is -0.456 e. The summed E-state index contributed by atoms with van der Waals surface area (Å²) in [5.74, 6) is 1.20. The van der Waals surface area contributed by atoms with Crippen LogP contribution < -0.4 is 4.90 Å². The van der Waals surface area contributed by atoms with Crippen LogP contribution in [0, 0.1) is 5.92 Å². The lowest BCUT2D eigenvalue weighted by Gasteiger charge is -2.28. The molecule has 2 aromatic heterocycles. The highest BCUT2D eigenvalue weighted by atomic mass is 16.3. The van der Waals surface area contributed by atoms with E-state index in [4.69, 9.17) is 14.4 Å². The molecule has 0 fully saturated rings. The third-order valence-corrected chi connectivity index (χ3v) is 11.6. The van der Waals surface area contributed by atoms with Gasteiger partial charge in [-0.1, -0.05) is 136 Å². The number of rotatable bonds is 6. The Morgan fingerprint density at radius 1 is 0.618 bits per heavy atom. The number of furan rings is 1. The Bertz CT molecular complexity index is 2840. The van der Waals surface area contributed by atoms with Gasteiger partial charge in [0, 0.05) is 40.2 Å². The third kappa shape index (κ3) is 5.51.